The molecule has 118 valence electrons. The summed E-state index contributed by atoms with van der Waals surface area (Å²) in [6.45, 7) is 11.1. The van der Waals surface area contributed by atoms with Crippen molar-refractivity contribution in [3.63, 3.8) is 0 Å². The second-order valence-electron chi connectivity index (χ2n) is 7.18. The number of nitrogens with zero attached hydrogens (tertiary/aromatic N) is 1. The molecule has 1 atom stereocenters. The lowest BCUT2D eigenvalue weighted by atomic mass is 9.87. The molecule has 0 saturated carbocycles. The molecule has 1 unspecified atom stereocenters. The summed E-state index contributed by atoms with van der Waals surface area (Å²) in [4.78, 5) is 25.1. The molecule has 0 rings (SSSR count). The van der Waals surface area contributed by atoms with Gasteiger partial charge in [0.1, 0.15) is 0 Å². The van der Waals surface area contributed by atoms with Gasteiger partial charge in [-0.2, -0.15) is 0 Å². The Morgan fingerprint density at radius 2 is 1.80 bits per heavy atom. The van der Waals surface area contributed by atoms with Gasteiger partial charge in [0.25, 0.3) is 0 Å². The first-order valence-corrected chi connectivity index (χ1v) is 7.27. The summed E-state index contributed by atoms with van der Waals surface area (Å²) in [5.74, 6) is 0.195. The number of likely N-dealkylation sites (N-methyl/N-ethyl adjacent to an activating group) is 1. The Morgan fingerprint density at radius 3 is 2.25 bits per heavy atom. The minimum atomic E-state index is -0.163. The van der Waals surface area contributed by atoms with E-state index in [2.05, 4.69) is 26.1 Å². The van der Waals surface area contributed by atoms with Crippen molar-refractivity contribution < 1.29 is 9.59 Å². The normalized spacial score (nSPS) is 13.2. The number of amides is 2. The van der Waals surface area contributed by atoms with Crippen LogP contribution in [0.25, 0.3) is 0 Å². The second kappa shape index (κ2) is 8.25. The molecule has 20 heavy (non-hydrogen) atoms. The molecule has 2 amide bonds. The van der Waals surface area contributed by atoms with E-state index in [-0.39, 0.29) is 36.2 Å². The van der Waals surface area contributed by atoms with Crippen LogP contribution < -0.4 is 11.1 Å². The van der Waals surface area contributed by atoms with E-state index in [4.69, 9.17) is 5.73 Å². The zero-order valence-electron chi connectivity index (χ0n) is 13.8. The second-order valence-corrected chi connectivity index (χ2v) is 7.18. The van der Waals surface area contributed by atoms with Gasteiger partial charge >= 0.3 is 0 Å². The Balaban J connectivity index is 4.12. The van der Waals surface area contributed by atoms with Crippen LogP contribution in [0.4, 0.5) is 0 Å². The van der Waals surface area contributed by atoms with Gasteiger partial charge in [0, 0.05) is 26.1 Å². The molecule has 0 radical (unpaired) electrons. The van der Waals surface area contributed by atoms with Gasteiger partial charge in [-0.15, -0.1) is 0 Å². The third-order valence-corrected chi connectivity index (χ3v) is 2.83. The van der Waals surface area contributed by atoms with Crippen LogP contribution in [0, 0.1) is 11.3 Å². The van der Waals surface area contributed by atoms with Crippen molar-refractivity contribution in [2.75, 3.05) is 20.1 Å². The van der Waals surface area contributed by atoms with Crippen LogP contribution in [0.2, 0.25) is 0 Å². The van der Waals surface area contributed by atoms with Crippen LogP contribution >= 0.6 is 0 Å². The summed E-state index contributed by atoms with van der Waals surface area (Å²) in [6, 6.07) is -0.163. The highest BCUT2D eigenvalue weighted by Gasteiger charge is 2.20. The summed E-state index contributed by atoms with van der Waals surface area (Å²) >= 11 is 0. The lowest BCUT2D eigenvalue weighted by Crippen LogP contribution is -2.41. The maximum Gasteiger partial charge on any atom is 0.239 e. The fourth-order valence-corrected chi connectivity index (χ4v) is 1.92. The van der Waals surface area contributed by atoms with Gasteiger partial charge in [0.15, 0.2) is 0 Å². The minimum Gasteiger partial charge on any atom is -0.354 e. The molecule has 0 bridgehead atoms. The van der Waals surface area contributed by atoms with Gasteiger partial charge in [-0.3, -0.25) is 9.59 Å². The SMILES string of the molecule is CC(C)CNC(=O)CN(C)C(=O)CC(N)CC(C)(C)C. The van der Waals surface area contributed by atoms with Crippen LogP contribution in [0.1, 0.15) is 47.5 Å². The summed E-state index contributed by atoms with van der Waals surface area (Å²) in [5.41, 5.74) is 6.08. The van der Waals surface area contributed by atoms with Crippen LogP contribution in [-0.2, 0) is 9.59 Å². The van der Waals surface area contributed by atoms with E-state index in [1.54, 1.807) is 7.05 Å². The first kappa shape index (κ1) is 18.9. The molecular formula is C15H31N3O2. The molecule has 0 saturated heterocycles. The quantitative estimate of drug-likeness (QED) is 0.742. The molecule has 3 N–H and O–H groups in total. The van der Waals surface area contributed by atoms with E-state index in [1.165, 1.54) is 4.90 Å². The molecule has 0 aromatic heterocycles. The number of rotatable bonds is 7. The van der Waals surface area contributed by atoms with E-state index < -0.39 is 0 Å². The zero-order chi connectivity index (χ0) is 15.9. The average Bonchev–Trinajstić information content (AvgIpc) is 2.23. The van der Waals surface area contributed by atoms with E-state index in [0.717, 1.165) is 6.42 Å². The molecule has 0 aliphatic carbocycles. The fourth-order valence-electron chi connectivity index (χ4n) is 1.92. The molecule has 5 nitrogen and oxygen atoms in total. The van der Waals surface area contributed by atoms with Crippen molar-refractivity contribution >= 4 is 11.8 Å². The van der Waals surface area contributed by atoms with Crippen LogP contribution in [0.15, 0.2) is 0 Å². The highest BCUT2D eigenvalue weighted by atomic mass is 16.2. The molecule has 5 heteroatoms. The van der Waals surface area contributed by atoms with Gasteiger partial charge in [-0.05, 0) is 17.8 Å². The Morgan fingerprint density at radius 1 is 1.25 bits per heavy atom. The average molecular weight is 285 g/mol. The fraction of sp³-hybridized carbons (Fsp3) is 0.867. The molecule has 0 aliphatic heterocycles. The Kier molecular flexibility index (Phi) is 7.79. The summed E-state index contributed by atoms with van der Waals surface area (Å²) in [7, 11) is 1.64. The monoisotopic (exact) mass is 285 g/mol. The van der Waals surface area contributed by atoms with Gasteiger partial charge in [-0.1, -0.05) is 34.6 Å². The number of nitrogens with one attached hydrogen (secondary N) is 1. The van der Waals surface area contributed by atoms with E-state index in [1.807, 2.05) is 13.8 Å². The molecule has 0 heterocycles. The topological polar surface area (TPSA) is 75.4 Å². The highest BCUT2D eigenvalue weighted by molar-refractivity contribution is 5.84. The van der Waals surface area contributed by atoms with Crippen molar-refractivity contribution in [2.24, 2.45) is 17.1 Å². The molecule has 0 aromatic rings. The third kappa shape index (κ3) is 9.78. The van der Waals surface area contributed by atoms with Crippen molar-refractivity contribution in [3.8, 4) is 0 Å². The maximum atomic E-state index is 12.0. The molecule has 0 fully saturated rings. The highest BCUT2D eigenvalue weighted by Crippen LogP contribution is 2.21. The first-order valence-electron chi connectivity index (χ1n) is 7.27. The molecule has 0 aromatic carbocycles. The maximum absolute atomic E-state index is 12.0. The van der Waals surface area contributed by atoms with Gasteiger partial charge in [0.05, 0.1) is 6.54 Å². The standard InChI is InChI=1S/C15H31N3O2/c1-11(2)9-17-13(19)10-18(6)14(20)7-12(16)8-15(3,4)5/h11-12H,7-10,16H2,1-6H3,(H,17,19). The molecular weight excluding hydrogens is 254 g/mol. The Hall–Kier alpha value is -1.10. The Bertz CT molecular complexity index is 322. The molecule has 0 spiro atoms. The van der Waals surface area contributed by atoms with Gasteiger partial charge in [0.2, 0.25) is 11.8 Å². The van der Waals surface area contributed by atoms with Gasteiger partial charge in [-0.25, -0.2) is 0 Å². The van der Waals surface area contributed by atoms with Crippen molar-refractivity contribution in [1.82, 2.24) is 10.2 Å². The number of carbonyl (C=O) groups excluding carboxylic acids is 2. The predicted molar refractivity (Wildman–Crippen MR) is 82.1 cm³/mol. The third-order valence-electron chi connectivity index (χ3n) is 2.83. The Labute approximate surface area is 123 Å². The van der Waals surface area contributed by atoms with E-state index >= 15 is 0 Å². The summed E-state index contributed by atoms with van der Waals surface area (Å²) < 4.78 is 0. The predicted octanol–water partition coefficient (Wildman–Crippen LogP) is 1.37. The van der Waals surface area contributed by atoms with E-state index in [0.29, 0.717) is 12.5 Å². The van der Waals surface area contributed by atoms with Crippen LogP contribution in [0.3, 0.4) is 0 Å². The summed E-state index contributed by atoms with van der Waals surface area (Å²) in [5, 5.41) is 2.80. The van der Waals surface area contributed by atoms with Crippen LogP contribution in [-0.4, -0.2) is 42.9 Å². The van der Waals surface area contributed by atoms with Crippen LogP contribution in [0.5, 0.6) is 0 Å². The smallest absolute Gasteiger partial charge is 0.239 e. The van der Waals surface area contributed by atoms with E-state index in [9.17, 15) is 9.59 Å². The number of hydrogen-bond acceptors (Lipinski definition) is 3. The summed E-state index contributed by atoms with van der Waals surface area (Å²) in [6.07, 6.45) is 1.07. The number of nitrogens with two attached hydrogens (primary N) is 1. The largest absolute Gasteiger partial charge is 0.354 e. The van der Waals surface area contributed by atoms with Gasteiger partial charge < -0.3 is 16.0 Å². The lowest BCUT2D eigenvalue weighted by Gasteiger charge is -2.24. The number of carbonyl (C=O) groups is 2. The number of hydrogen-bond donors (Lipinski definition) is 2. The van der Waals surface area contributed by atoms with Crippen molar-refractivity contribution in [1.29, 1.82) is 0 Å². The van der Waals surface area contributed by atoms with Crippen molar-refractivity contribution in [3.05, 3.63) is 0 Å². The first-order chi connectivity index (χ1) is 9.01. The lowest BCUT2D eigenvalue weighted by molar-refractivity contribution is -0.135. The van der Waals surface area contributed by atoms with Crippen molar-refractivity contribution in [2.45, 2.75) is 53.5 Å². The minimum absolute atomic E-state index is 0.0820. The molecule has 0 aliphatic rings. The zero-order valence-corrected chi connectivity index (χ0v) is 13.8.